The van der Waals surface area contributed by atoms with E-state index in [1.54, 1.807) is 12.1 Å². The van der Waals surface area contributed by atoms with Gasteiger partial charge in [0.2, 0.25) is 0 Å². The Hall–Kier alpha value is -2.62. The Balaban J connectivity index is 2.31. The molecular formula is C14H10O4. The molecule has 2 aromatic carbocycles. The number of phenolic OH excluding ortho intramolecular Hbond substituents is 3. The quantitative estimate of drug-likeness (QED) is 0.573. The number of benzene rings is 2. The van der Waals surface area contributed by atoms with Crippen molar-refractivity contribution in [2.24, 2.45) is 0 Å². The lowest BCUT2D eigenvalue weighted by Gasteiger charge is -2.03. The zero-order valence-electron chi connectivity index (χ0n) is 9.29. The minimum atomic E-state index is 0.0406. The molecule has 0 saturated carbocycles. The summed E-state index contributed by atoms with van der Waals surface area (Å²) >= 11 is 0. The molecule has 0 bridgehead atoms. The van der Waals surface area contributed by atoms with Gasteiger partial charge in [-0.25, -0.2) is 0 Å². The second kappa shape index (κ2) is 3.70. The predicted molar refractivity (Wildman–Crippen MR) is 66.6 cm³/mol. The number of phenols is 3. The Morgan fingerprint density at radius 1 is 0.778 bits per heavy atom. The van der Waals surface area contributed by atoms with Crippen LogP contribution in [0.5, 0.6) is 17.2 Å². The Labute approximate surface area is 102 Å². The summed E-state index contributed by atoms with van der Waals surface area (Å²) < 4.78 is 5.35. The minimum absolute atomic E-state index is 0.0406. The van der Waals surface area contributed by atoms with Crippen molar-refractivity contribution in [2.45, 2.75) is 0 Å². The van der Waals surface area contributed by atoms with Crippen LogP contribution in [0.1, 0.15) is 0 Å². The molecule has 0 aliphatic carbocycles. The van der Waals surface area contributed by atoms with Crippen molar-refractivity contribution in [1.29, 1.82) is 0 Å². The van der Waals surface area contributed by atoms with Gasteiger partial charge in [0.15, 0.2) is 0 Å². The highest BCUT2D eigenvalue weighted by atomic mass is 16.3. The van der Waals surface area contributed by atoms with Crippen molar-refractivity contribution < 1.29 is 19.7 Å². The molecule has 3 rings (SSSR count). The topological polar surface area (TPSA) is 73.8 Å². The number of furan rings is 1. The third kappa shape index (κ3) is 1.55. The SMILES string of the molecule is Oc1ccc(O)c(-c2coc3ccc(O)cc23)c1. The summed E-state index contributed by atoms with van der Waals surface area (Å²) in [6, 6.07) is 8.98. The minimum Gasteiger partial charge on any atom is -0.508 e. The van der Waals surface area contributed by atoms with Crippen LogP contribution in [0, 0.1) is 0 Å². The first-order chi connectivity index (χ1) is 8.65. The maximum Gasteiger partial charge on any atom is 0.134 e. The van der Waals surface area contributed by atoms with Crippen LogP contribution >= 0.6 is 0 Å². The fourth-order valence-electron chi connectivity index (χ4n) is 1.97. The molecule has 0 aliphatic heterocycles. The summed E-state index contributed by atoms with van der Waals surface area (Å²) in [6.07, 6.45) is 1.48. The molecule has 3 N–H and O–H groups in total. The van der Waals surface area contributed by atoms with Crippen LogP contribution in [0.4, 0.5) is 0 Å². The highest BCUT2D eigenvalue weighted by Crippen LogP contribution is 2.38. The predicted octanol–water partition coefficient (Wildman–Crippen LogP) is 3.22. The van der Waals surface area contributed by atoms with Crippen molar-refractivity contribution >= 4 is 11.0 Å². The molecule has 0 unspecified atom stereocenters. The molecule has 90 valence electrons. The van der Waals surface area contributed by atoms with E-state index in [-0.39, 0.29) is 17.2 Å². The second-order valence-electron chi connectivity index (χ2n) is 4.03. The first kappa shape index (κ1) is 10.5. The van der Waals surface area contributed by atoms with Crippen LogP contribution in [-0.2, 0) is 0 Å². The average Bonchev–Trinajstić information content (AvgIpc) is 2.75. The Bertz CT molecular complexity index is 728. The van der Waals surface area contributed by atoms with E-state index in [2.05, 4.69) is 0 Å². The van der Waals surface area contributed by atoms with E-state index in [1.807, 2.05) is 0 Å². The molecule has 3 aromatic rings. The van der Waals surface area contributed by atoms with Gasteiger partial charge in [0.25, 0.3) is 0 Å². The maximum atomic E-state index is 9.82. The third-order valence-electron chi connectivity index (χ3n) is 2.83. The molecule has 4 nitrogen and oxygen atoms in total. The van der Waals surface area contributed by atoms with Gasteiger partial charge in [0.1, 0.15) is 22.8 Å². The first-order valence-electron chi connectivity index (χ1n) is 5.38. The summed E-state index contributed by atoms with van der Waals surface area (Å²) in [5.41, 5.74) is 1.68. The fraction of sp³-hybridized carbons (Fsp3) is 0. The van der Waals surface area contributed by atoms with Gasteiger partial charge >= 0.3 is 0 Å². The molecule has 0 fully saturated rings. The van der Waals surface area contributed by atoms with Gasteiger partial charge in [-0.05, 0) is 36.4 Å². The first-order valence-corrected chi connectivity index (χ1v) is 5.38. The van der Waals surface area contributed by atoms with Crippen LogP contribution in [0.25, 0.3) is 22.1 Å². The van der Waals surface area contributed by atoms with Crippen LogP contribution in [0.3, 0.4) is 0 Å². The van der Waals surface area contributed by atoms with Crippen molar-refractivity contribution in [3.05, 3.63) is 42.7 Å². The largest absolute Gasteiger partial charge is 0.508 e. The highest BCUT2D eigenvalue weighted by molar-refractivity contribution is 5.96. The molecule has 0 amide bonds. The monoisotopic (exact) mass is 242 g/mol. The second-order valence-corrected chi connectivity index (χ2v) is 4.03. The number of hydrogen-bond acceptors (Lipinski definition) is 4. The van der Waals surface area contributed by atoms with Crippen LogP contribution in [-0.4, -0.2) is 15.3 Å². The average molecular weight is 242 g/mol. The molecule has 1 heterocycles. The van der Waals surface area contributed by atoms with Gasteiger partial charge < -0.3 is 19.7 Å². The smallest absolute Gasteiger partial charge is 0.134 e. The van der Waals surface area contributed by atoms with Gasteiger partial charge in [0.05, 0.1) is 6.26 Å². The molecule has 0 atom stereocenters. The fourth-order valence-corrected chi connectivity index (χ4v) is 1.97. The zero-order chi connectivity index (χ0) is 12.7. The Kier molecular flexibility index (Phi) is 2.16. The molecule has 1 aromatic heterocycles. The summed E-state index contributed by atoms with van der Waals surface area (Å²) in [5, 5.41) is 29.5. The third-order valence-corrected chi connectivity index (χ3v) is 2.83. The van der Waals surface area contributed by atoms with E-state index in [4.69, 9.17) is 4.42 Å². The van der Waals surface area contributed by atoms with E-state index in [0.717, 1.165) is 0 Å². The number of fused-ring (bicyclic) bond motifs is 1. The molecule has 4 heteroatoms. The van der Waals surface area contributed by atoms with E-state index in [1.165, 1.54) is 30.5 Å². The van der Waals surface area contributed by atoms with Gasteiger partial charge in [-0.3, -0.25) is 0 Å². The molecule has 0 radical (unpaired) electrons. The van der Waals surface area contributed by atoms with Crippen molar-refractivity contribution in [2.75, 3.05) is 0 Å². The highest BCUT2D eigenvalue weighted by Gasteiger charge is 2.12. The maximum absolute atomic E-state index is 9.82. The van der Waals surface area contributed by atoms with Crippen LogP contribution in [0.15, 0.2) is 47.1 Å². The van der Waals surface area contributed by atoms with Crippen molar-refractivity contribution in [1.82, 2.24) is 0 Å². The molecule has 0 saturated heterocycles. The zero-order valence-corrected chi connectivity index (χ0v) is 9.29. The normalized spacial score (nSPS) is 10.9. The summed E-state index contributed by atoms with van der Waals surface area (Å²) in [5.74, 6) is 0.209. The molecular weight excluding hydrogens is 232 g/mol. The Morgan fingerprint density at radius 2 is 1.50 bits per heavy atom. The molecule has 0 spiro atoms. The lowest BCUT2D eigenvalue weighted by Crippen LogP contribution is -1.77. The van der Waals surface area contributed by atoms with Crippen LogP contribution in [0.2, 0.25) is 0 Å². The van der Waals surface area contributed by atoms with Gasteiger partial charge in [0, 0.05) is 16.5 Å². The van der Waals surface area contributed by atoms with E-state index in [9.17, 15) is 15.3 Å². The lowest BCUT2D eigenvalue weighted by atomic mass is 10.0. The van der Waals surface area contributed by atoms with Gasteiger partial charge in [-0.15, -0.1) is 0 Å². The summed E-state index contributed by atoms with van der Waals surface area (Å²) in [6.45, 7) is 0. The number of rotatable bonds is 1. The van der Waals surface area contributed by atoms with Gasteiger partial charge in [-0.1, -0.05) is 0 Å². The molecule has 0 aliphatic rings. The molecule has 18 heavy (non-hydrogen) atoms. The lowest BCUT2D eigenvalue weighted by molar-refractivity contribution is 0.462. The summed E-state index contributed by atoms with van der Waals surface area (Å²) in [4.78, 5) is 0. The number of aromatic hydroxyl groups is 3. The van der Waals surface area contributed by atoms with E-state index < -0.39 is 0 Å². The van der Waals surface area contributed by atoms with Crippen molar-refractivity contribution in [3.8, 4) is 28.4 Å². The van der Waals surface area contributed by atoms with Crippen molar-refractivity contribution in [3.63, 3.8) is 0 Å². The van der Waals surface area contributed by atoms with Gasteiger partial charge in [-0.2, -0.15) is 0 Å². The van der Waals surface area contributed by atoms with E-state index >= 15 is 0 Å². The number of hydrogen-bond donors (Lipinski definition) is 3. The van der Waals surface area contributed by atoms with Crippen LogP contribution < -0.4 is 0 Å². The Morgan fingerprint density at radius 3 is 2.33 bits per heavy atom. The van der Waals surface area contributed by atoms with E-state index in [0.29, 0.717) is 22.1 Å². The summed E-state index contributed by atoms with van der Waals surface area (Å²) in [7, 11) is 0. The standard InChI is InChI=1S/C14H10O4/c15-8-1-3-13(17)10(5-8)12-7-18-14-4-2-9(16)6-11(12)14/h1-7,15-17H.